The summed E-state index contributed by atoms with van der Waals surface area (Å²) in [7, 11) is 5.01. The lowest BCUT2D eigenvalue weighted by Gasteiger charge is -2.15. The molecule has 0 bridgehead atoms. The molecule has 2 N–H and O–H groups in total. The van der Waals surface area contributed by atoms with Gasteiger partial charge in [-0.15, -0.1) is 24.0 Å². The van der Waals surface area contributed by atoms with E-state index in [0.29, 0.717) is 38.1 Å². The summed E-state index contributed by atoms with van der Waals surface area (Å²) in [6, 6.07) is 9.97. The van der Waals surface area contributed by atoms with Gasteiger partial charge >= 0.3 is 0 Å². The molecule has 0 aliphatic carbocycles. The second-order valence-electron chi connectivity index (χ2n) is 5.94. The van der Waals surface area contributed by atoms with Gasteiger partial charge in [-0.2, -0.15) is 0 Å². The molecule has 2 rings (SSSR count). The van der Waals surface area contributed by atoms with E-state index in [0.717, 1.165) is 22.4 Å². The molecule has 0 fully saturated rings. The molecule has 1 aromatic heterocycles. The van der Waals surface area contributed by atoms with Crippen molar-refractivity contribution in [2.45, 2.75) is 20.0 Å². The Morgan fingerprint density at radius 1 is 1.07 bits per heavy atom. The van der Waals surface area contributed by atoms with Crippen LogP contribution in [0.4, 0.5) is 0 Å². The molecule has 0 unspecified atom stereocenters. The lowest BCUT2D eigenvalue weighted by atomic mass is 10.1. The summed E-state index contributed by atoms with van der Waals surface area (Å²) >= 11 is 0. The summed E-state index contributed by atoms with van der Waals surface area (Å²) in [5.74, 6) is 2.16. The van der Waals surface area contributed by atoms with Gasteiger partial charge in [0, 0.05) is 45.1 Å². The van der Waals surface area contributed by atoms with E-state index < -0.39 is 0 Å². The fraction of sp³-hybridized carbons (Fsp3) is 0.400. The minimum absolute atomic E-state index is 0. The summed E-state index contributed by atoms with van der Waals surface area (Å²) in [5.41, 5.74) is 3.25. The second-order valence-corrected chi connectivity index (χ2v) is 5.94. The molecule has 154 valence electrons. The largest absolute Gasteiger partial charge is 0.491 e. The average Bonchev–Trinajstić information content (AvgIpc) is 2.70. The molecule has 1 heterocycles. The molecule has 0 saturated carbocycles. The molecular weight excluding hydrogens is 471 g/mol. The van der Waals surface area contributed by atoms with Crippen LogP contribution in [0.5, 0.6) is 11.6 Å². The van der Waals surface area contributed by atoms with Gasteiger partial charge in [0.2, 0.25) is 5.88 Å². The number of hydrogen-bond donors (Lipinski definition) is 2. The molecule has 1 aromatic carbocycles. The number of methoxy groups -OCH3 is 2. The Kier molecular flexibility index (Phi) is 11.3. The van der Waals surface area contributed by atoms with E-state index >= 15 is 0 Å². The molecule has 0 spiro atoms. The number of ether oxygens (including phenoxy) is 3. The Bertz CT molecular complexity index is 739. The fourth-order valence-corrected chi connectivity index (χ4v) is 2.40. The number of benzene rings is 1. The molecule has 8 heteroatoms. The molecule has 0 amide bonds. The predicted molar refractivity (Wildman–Crippen MR) is 122 cm³/mol. The van der Waals surface area contributed by atoms with Crippen molar-refractivity contribution in [1.82, 2.24) is 15.6 Å². The van der Waals surface area contributed by atoms with Crippen LogP contribution in [0.15, 0.2) is 41.5 Å². The van der Waals surface area contributed by atoms with Crippen LogP contribution in [0.2, 0.25) is 0 Å². The summed E-state index contributed by atoms with van der Waals surface area (Å²) in [4.78, 5) is 8.46. The third kappa shape index (κ3) is 7.89. The molecule has 28 heavy (non-hydrogen) atoms. The zero-order chi connectivity index (χ0) is 19.5. The Labute approximate surface area is 183 Å². The van der Waals surface area contributed by atoms with Crippen LogP contribution in [0.3, 0.4) is 0 Å². The van der Waals surface area contributed by atoms with Crippen LogP contribution in [-0.2, 0) is 17.8 Å². The van der Waals surface area contributed by atoms with Gasteiger partial charge in [0.25, 0.3) is 0 Å². The Morgan fingerprint density at radius 2 is 1.86 bits per heavy atom. The van der Waals surface area contributed by atoms with Crippen molar-refractivity contribution < 1.29 is 14.2 Å². The smallest absolute Gasteiger partial charge is 0.212 e. The van der Waals surface area contributed by atoms with Crippen LogP contribution in [-0.4, -0.2) is 45.4 Å². The zero-order valence-electron chi connectivity index (χ0n) is 16.8. The van der Waals surface area contributed by atoms with E-state index in [4.69, 9.17) is 14.2 Å². The number of pyridine rings is 1. The first kappa shape index (κ1) is 24.0. The SMILES string of the molecule is CN=C(NCc1ccc(OC)nc1)NCc1ccc(C)cc1OCCOC.I. The van der Waals surface area contributed by atoms with Crippen molar-refractivity contribution >= 4 is 29.9 Å². The molecule has 2 aromatic rings. The van der Waals surface area contributed by atoms with Gasteiger partial charge in [-0.1, -0.05) is 18.2 Å². The van der Waals surface area contributed by atoms with E-state index in [-0.39, 0.29) is 24.0 Å². The van der Waals surface area contributed by atoms with Crippen LogP contribution in [0, 0.1) is 6.92 Å². The normalized spacial score (nSPS) is 10.8. The third-order valence-electron chi connectivity index (χ3n) is 3.90. The molecule has 0 aliphatic heterocycles. The van der Waals surface area contributed by atoms with Crippen LogP contribution >= 0.6 is 24.0 Å². The predicted octanol–water partition coefficient (Wildman–Crippen LogP) is 2.91. The van der Waals surface area contributed by atoms with Crippen LogP contribution in [0.1, 0.15) is 16.7 Å². The monoisotopic (exact) mass is 500 g/mol. The minimum atomic E-state index is 0. The van der Waals surface area contributed by atoms with Crippen molar-refractivity contribution in [2.24, 2.45) is 4.99 Å². The van der Waals surface area contributed by atoms with Crippen LogP contribution in [0.25, 0.3) is 0 Å². The molecule has 0 aliphatic rings. The number of guanidine groups is 1. The van der Waals surface area contributed by atoms with Crippen molar-refractivity contribution in [3.63, 3.8) is 0 Å². The number of hydrogen-bond acceptors (Lipinski definition) is 5. The molecular formula is C20H29IN4O3. The number of halogens is 1. The van der Waals surface area contributed by atoms with E-state index in [1.807, 2.05) is 25.1 Å². The maximum Gasteiger partial charge on any atom is 0.212 e. The molecule has 0 radical (unpaired) electrons. The van der Waals surface area contributed by atoms with Crippen molar-refractivity contribution in [2.75, 3.05) is 34.5 Å². The van der Waals surface area contributed by atoms with Gasteiger partial charge in [-0.05, 0) is 24.1 Å². The number of nitrogens with zero attached hydrogens (tertiary/aromatic N) is 2. The fourth-order valence-electron chi connectivity index (χ4n) is 2.40. The zero-order valence-corrected chi connectivity index (χ0v) is 19.2. The number of aromatic nitrogens is 1. The average molecular weight is 500 g/mol. The second kappa shape index (κ2) is 13.2. The van der Waals surface area contributed by atoms with Gasteiger partial charge in [0.1, 0.15) is 12.4 Å². The quantitative estimate of drug-likeness (QED) is 0.239. The topological polar surface area (TPSA) is 77.0 Å². The molecule has 7 nitrogen and oxygen atoms in total. The van der Waals surface area contributed by atoms with Crippen molar-refractivity contribution in [3.05, 3.63) is 53.2 Å². The maximum atomic E-state index is 5.83. The summed E-state index contributed by atoms with van der Waals surface area (Å²) < 4.78 is 16.0. The Morgan fingerprint density at radius 3 is 2.50 bits per heavy atom. The van der Waals surface area contributed by atoms with Gasteiger partial charge in [-0.25, -0.2) is 4.98 Å². The number of rotatable bonds is 9. The first-order chi connectivity index (χ1) is 13.2. The maximum absolute atomic E-state index is 5.83. The highest BCUT2D eigenvalue weighted by atomic mass is 127. The van der Waals surface area contributed by atoms with Gasteiger partial charge < -0.3 is 24.8 Å². The van der Waals surface area contributed by atoms with E-state index in [9.17, 15) is 0 Å². The lowest BCUT2D eigenvalue weighted by molar-refractivity contribution is 0.145. The standard InChI is InChI=1S/C20H28N4O3.HI/c1-15-5-7-17(18(11-15)27-10-9-25-3)14-24-20(21-2)23-13-16-6-8-19(26-4)22-12-16;/h5-8,11-12H,9-10,13-14H2,1-4H3,(H2,21,23,24);1H. The van der Waals surface area contributed by atoms with E-state index in [1.165, 1.54) is 0 Å². The van der Waals surface area contributed by atoms with E-state index in [1.54, 1.807) is 27.5 Å². The Balaban J connectivity index is 0.00000392. The Hall–Kier alpha value is -2.07. The van der Waals surface area contributed by atoms with Crippen molar-refractivity contribution in [1.29, 1.82) is 0 Å². The highest BCUT2D eigenvalue weighted by molar-refractivity contribution is 14.0. The lowest BCUT2D eigenvalue weighted by Crippen LogP contribution is -2.36. The summed E-state index contributed by atoms with van der Waals surface area (Å²) in [5, 5.41) is 6.59. The van der Waals surface area contributed by atoms with Crippen molar-refractivity contribution in [3.8, 4) is 11.6 Å². The van der Waals surface area contributed by atoms with Crippen LogP contribution < -0.4 is 20.1 Å². The molecule has 0 saturated heterocycles. The first-order valence-electron chi connectivity index (χ1n) is 8.81. The first-order valence-corrected chi connectivity index (χ1v) is 8.81. The molecule has 0 atom stereocenters. The highest BCUT2D eigenvalue weighted by Gasteiger charge is 2.06. The number of aliphatic imine (C=N–C) groups is 1. The van der Waals surface area contributed by atoms with Gasteiger partial charge in [0.15, 0.2) is 5.96 Å². The summed E-state index contributed by atoms with van der Waals surface area (Å²) in [6.45, 7) is 4.33. The van der Waals surface area contributed by atoms with E-state index in [2.05, 4.69) is 32.7 Å². The van der Waals surface area contributed by atoms with Gasteiger partial charge in [-0.3, -0.25) is 4.99 Å². The third-order valence-corrected chi connectivity index (χ3v) is 3.90. The van der Waals surface area contributed by atoms with Gasteiger partial charge in [0.05, 0.1) is 13.7 Å². The number of aryl methyl sites for hydroxylation is 1. The number of nitrogens with one attached hydrogen (secondary N) is 2. The minimum Gasteiger partial charge on any atom is -0.491 e. The highest BCUT2D eigenvalue weighted by Crippen LogP contribution is 2.20. The summed E-state index contributed by atoms with van der Waals surface area (Å²) in [6.07, 6.45) is 1.78.